The Balaban J connectivity index is 1.84. The molecule has 1 heterocycles. The number of likely N-dealkylation sites (N-methyl/N-ethyl adjacent to an activating group) is 1. The molecule has 1 fully saturated rings. The Morgan fingerprint density at radius 3 is 2.80 bits per heavy atom. The van der Waals surface area contributed by atoms with E-state index >= 15 is 0 Å². The Bertz CT molecular complexity index is 405. The lowest BCUT2D eigenvalue weighted by Gasteiger charge is -2.30. The van der Waals surface area contributed by atoms with Crippen LogP contribution in [0.1, 0.15) is 31.7 Å². The summed E-state index contributed by atoms with van der Waals surface area (Å²) in [7, 11) is 2.25. The number of benzene rings is 1. The fourth-order valence-corrected chi connectivity index (χ4v) is 3.21. The number of hydrogen-bond donors (Lipinski definition) is 1. The third kappa shape index (κ3) is 4.22. The molecule has 3 nitrogen and oxygen atoms in total. The molecule has 0 amide bonds. The minimum Gasteiger partial charge on any atom is -0.399 e. The second-order valence-electron chi connectivity index (χ2n) is 6.02. The van der Waals surface area contributed by atoms with Crippen LogP contribution in [0.2, 0.25) is 0 Å². The van der Waals surface area contributed by atoms with Crippen molar-refractivity contribution in [2.24, 2.45) is 0 Å². The predicted molar refractivity (Wildman–Crippen MR) is 86.9 cm³/mol. The molecule has 1 aliphatic rings. The molecule has 1 aliphatic heterocycles. The minimum atomic E-state index is 0.718. The molecule has 112 valence electrons. The molecule has 0 bridgehead atoms. The lowest BCUT2D eigenvalue weighted by Crippen LogP contribution is -2.40. The van der Waals surface area contributed by atoms with Crippen LogP contribution in [0.15, 0.2) is 24.3 Å². The number of aryl methyl sites for hydroxylation is 1. The van der Waals surface area contributed by atoms with Crippen LogP contribution in [-0.2, 0) is 6.42 Å². The molecule has 1 saturated heterocycles. The van der Waals surface area contributed by atoms with Crippen molar-refractivity contribution in [2.75, 3.05) is 39.0 Å². The van der Waals surface area contributed by atoms with Crippen molar-refractivity contribution in [3.63, 3.8) is 0 Å². The second-order valence-corrected chi connectivity index (χ2v) is 6.02. The van der Waals surface area contributed by atoms with Crippen LogP contribution in [0, 0.1) is 0 Å². The highest BCUT2D eigenvalue weighted by Crippen LogP contribution is 2.16. The molecule has 20 heavy (non-hydrogen) atoms. The molecule has 1 aromatic rings. The number of rotatable bonds is 5. The van der Waals surface area contributed by atoms with Gasteiger partial charge in [-0.3, -0.25) is 4.90 Å². The van der Waals surface area contributed by atoms with Crippen molar-refractivity contribution in [1.29, 1.82) is 0 Å². The average Bonchev–Trinajstić information content (AvgIpc) is 2.62. The quantitative estimate of drug-likeness (QED) is 0.839. The second kappa shape index (κ2) is 7.65. The van der Waals surface area contributed by atoms with Gasteiger partial charge in [0.15, 0.2) is 0 Å². The molecule has 2 rings (SSSR count). The molecular formula is C17H29N3. The van der Waals surface area contributed by atoms with Crippen LogP contribution in [0.25, 0.3) is 0 Å². The van der Waals surface area contributed by atoms with E-state index in [1.54, 1.807) is 0 Å². The number of nitrogens with zero attached hydrogens (tertiary/aromatic N) is 2. The summed E-state index contributed by atoms with van der Waals surface area (Å²) in [5.74, 6) is 0. The van der Waals surface area contributed by atoms with E-state index in [9.17, 15) is 0 Å². The minimum absolute atomic E-state index is 0.718. The standard InChI is InChI=1S/C17H29N3/c1-3-16-14-19(2)11-7-13-20(16)12-6-9-15-8-4-5-10-17(15)18/h4-5,8,10,16H,3,6-7,9,11-14,18H2,1-2H3. The summed E-state index contributed by atoms with van der Waals surface area (Å²) < 4.78 is 0. The zero-order chi connectivity index (χ0) is 14.4. The monoisotopic (exact) mass is 275 g/mol. The first-order valence-corrected chi connectivity index (χ1v) is 7.96. The van der Waals surface area contributed by atoms with Crippen LogP contribution in [-0.4, -0.2) is 49.1 Å². The van der Waals surface area contributed by atoms with Crippen molar-refractivity contribution in [3.8, 4) is 0 Å². The molecule has 3 heteroatoms. The smallest absolute Gasteiger partial charge is 0.0346 e. The van der Waals surface area contributed by atoms with E-state index < -0.39 is 0 Å². The number of para-hydroxylation sites is 1. The zero-order valence-electron chi connectivity index (χ0n) is 13.0. The van der Waals surface area contributed by atoms with Gasteiger partial charge in [0.25, 0.3) is 0 Å². The maximum Gasteiger partial charge on any atom is 0.0346 e. The maximum atomic E-state index is 6.02. The van der Waals surface area contributed by atoms with Gasteiger partial charge in [-0.25, -0.2) is 0 Å². The lowest BCUT2D eigenvalue weighted by atomic mass is 10.1. The largest absolute Gasteiger partial charge is 0.399 e. The predicted octanol–water partition coefficient (Wildman–Crippen LogP) is 2.62. The normalized spacial score (nSPS) is 21.8. The number of hydrogen-bond acceptors (Lipinski definition) is 3. The number of nitrogens with two attached hydrogens (primary N) is 1. The molecule has 1 unspecified atom stereocenters. The highest BCUT2D eigenvalue weighted by molar-refractivity contribution is 5.46. The average molecular weight is 275 g/mol. The summed E-state index contributed by atoms with van der Waals surface area (Å²) >= 11 is 0. The van der Waals surface area contributed by atoms with Crippen molar-refractivity contribution < 1.29 is 0 Å². The lowest BCUT2D eigenvalue weighted by molar-refractivity contribution is 0.182. The SMILES string of the molecule is CCC1CN(C)CCCN1CCCc1ccccc1N. The van der Waals surface area contributed by atoms with Gasteiger partial charge in [0.1, 0.15) is 0 Å². The number of anilines is 1. The summed E-state index contributed by atoms with van der Waals surface area (Å²) in [6.07, 6.45) is 4.84. The van der Waals surface area contributed by atoms with Crippen molar-refractivity contribution in [2.45, 2.75) is 38.6 Å². The van der Waals surface area contributed by atoms with E-state index in [0.29, 0.717) is 0 Å². The van der Waals surface area contributed by atoms with Crippen molar-refractivity contribution >= 4 is 5.69 Å². The van der Waals surface area contributed by atoms with Gasteiger partial charge in [-0.15, -0.1) is 0 Å². The fraction of sp³-hybridized carbons (Fsp3) is 0.647. The first-order valence-electron chi connectivity index (χ1n) is 7.96. The zero-order valence-corrected chi connectivity index (χ0v) is 13.0. The van der Waals surface area contributed by atoms with Crippen molar-refractivity contribution in [1.82, 2.24) is 9.80 Å². The van der Waals surface area contributed by atoms with Crippen LogP contribution < -0.4 is 5.73 Å². The molecule has 1 aromatic carbocycles. The molecule has 0 saturated carbocycles. The highest BCUT2D eigenvalue weighted by Gasteiger charge is 2.21. The van der Waals surface area contributed by atoms with Gasteiger partial charge < -0.3 is 10.6 Å². The molecular weight excluding hydrogens is 246 g/mol. The van der Waals surface area contributed by atoms with Gasteiger partial charge in [-0.1, -0.05) is 25.1 Å². The molecule has 0 radical (unpaired) electrons. The molecule has 0 aliphatic carbocycles. The summed E-state index contributed by atoms with van der Waals surface area (Å²) in [6, 6.07) is 8.97. The topological polar surface area (TPSA) is 32.5 Å². The van der Waals surface area contributed by atoms with E-state index in [1.807, 2.05) is 12.1 Å². The number of nitrogen functional groups attached to an aromatic ring is 1. The van der Waals surface area contributed by atoms with E-state index in [0.717, 1.165) is 18.2 Å². The maximum absolute atomic E-state index is 6.02. The van der Waals surface area contributed by atoms with Gasteiger partial charge >= 0.3 is 0 Å². The highest BCUT2D eigenvalue weighted by atomic mass is 15.2. The fourth-order valence-electron chi connectivity index (χ4n) is 3.21. The van der Waals surface area contributed by atoms with Crippen LogP contribution >= 0.6 is 0 Å². The Labute approximate surface area is 123 Å². The van der Waals surface area contributed by atoms with Crippen LogP contribution in [0.3, 0.4) is 0 Å². The summed E-state index contributed by atoms with van der Waals surface area (Å²) in [6.45, 7) is 7.20. The summed E-state index contributed by atoms with van der Waals surface area (Å²) in [4.78, 5) is 5.16. The molecule has 0 aromatic heterocycles. The van der Waals surface area contributed by atoms with Crippen LogP contribution in [0.4, 0.5) is 5.69 Å². The molecule has 1 atom stereocenters. The van der Waals surface area contributed by atoms with Crippen molar-refractivity contribution in [3.05, 3.63) is 29.8 Å². The van der Waals surface area contributed by atoms with Gasteiger partial charge in [0, 0.05) is 18.3 Å². The Kier molecular flexibility index (Phi) is 5.86. The third-order valence-corrected chi connectivity index (χ3v) is 4.44. The Morgan fingerprint density at radius 1 is 1.25 bits per heavy atom. The van der Waals surface area contributed by atoms with Gasteiger partial charge in [-0.2, -0.15) is 0 Å². The summed E-state index contributed by atoms with van der Waals surface area (Å²) in [5, 5.41) is 0. The van der Waals surface area contributed by atoms with Crippen LogP contribution in [0.5, 0.6) is 0 Å². The third-order valence-electron chi connectivity index (χ3n) is 4.44. The van der Waals surface area contributed by atoms with E-state index in [4.69, 9.17) is 5.73 Å². The van der Waals surface area contributed by atoms with E-state index in [2.05, 4.69) is 35.9 Å². The first-order chi connectivity index (χ1) is 9.70. The first kappa shape index (κ1) is 15.3. The molecule has 0 spiro atoms. The van der Waals surface area contributed by atoms with Gasteiger partial charge in [-0.05, 0) is 64.0 Å². The van der Waals surface area contributed by atoms with Gasteiger partial charge in [0.05, 0.1) is 0 Å². The Morgan fingerprint density at radius 2 is 2.05 bits per heavy atom. The van der Waals surface area contributed by atoms with E-state index in [-0.39, 0.29) is 0 Å². The van der Waals surface area contributed by atoms with Gasteiger partial charge in [0.2, 0.25) is 0 Å². The molecule has 2 N–H and O–H groups in total. The van der Waals surface area contributed by atoms with E-state index in [1.165, 1.54) is 51.0 Å². The summed E-state index contributed by atoms with van der Waals surface area (Å²) in [5.41, 5.74) is 8.25. The Hall–Kier alpha value is -1.06.